The number of likely N-dealkylation sites (N-methyl/N-ethyl adjacent to an activating group) is 2. The highest BCUT2D eigenvalue weighted by atomic mass is 16.5. The molecular formula is C16H26N2O3. The van der Waals surface area contributed by atoms with Gasteiger partial charge in [-0.15, -0.1) is 0 Å². The lowest BCUT2D eigenvalue weighted by Gasteiger charge is -2.37. The summed E-state index contributed by atoms with van der Waals surface area (Å²) in [6.07, 6.45) is 0. The van der Waals surface area contributed by atoms with E-state index in [1.165, 1.54) is 0 Å². The van der Waals surface area contributed by atoms with Crippen molar-refractivity contribution in [1.82, 2.24) is 10.2 Å². The van der Waals surface area contributed by atoms with Gasteiger partial charge in [0, 0.05) is 19.7 Å². The molecule has 0 spiro atoms. The largest absolute Gasteiger partial charge is 0.480 e. The monoisotopic (exact) mass is 294 g/mol. The first-order chi connectivity index (χ1) is 10.0. The molecule has 1 aromatic carbocycles. The van der Waals surface area contributed by atoms with Crippen molar-refractivity contribution in [2.24, 2.45) is 0 Å². The average molecular weight is 294 g/mol. The number of hydrogen-bond donors (Lipinski definition) is 2. The molecule has 0 amide bonds. The third-order valence-corrected chi connectivity index (χ3v) is 3.94. The number of nitrogens with zero attached hydrogens (tertiary/aromatic N) is 1. The first kappa shape index (κ1) is 17.6. The number of methoxy groups -OCH3 is 1. The number of carbonyl (C=O) groups is 1. The molecule has 5 nitrogen and oxygen atoms in total. The zero-order chi connectivity index (χ0) is 15.9. The Kier molecular flexibility index (Phi) is 6.81. The molecule has 0 aromatic heterocycles. The molecule has 5 heteroatoms. The minimum absolute atomic E-state index is 0.149. The average Bonchev–Trinajstić information content (AvgIpc) is 2.49. The number of hydrogen-bond acceptors (Lipinski definition) is 4. The quantitative estimate of drug-likeness (QED) is 0.723. The van der Waals surface area contributed by atoms with E-state index in [0.717, 1.165) is 12.1 Å². The molecule has 0 saturated carbocycles. The summed E-state index contributed by atoms with van der Waals surface area (Å²) in [5.74, 6) is -0.876. The molecule has 118 valence electrons. The highest BCUT2D eigenvalue weighted by molar-refractivity contribution is 5.81. The zero-order valence-corrected chi connectivity index (χ0v) is 13.3. The van der Waals surface area contributed by atoms with Gasteiger partial charge < -0.3 is 15.2 Å². The number of carboxylic acids is 1. The lowest BCUT2D eigenvalue weighted by Crippen LogP contribution is -2.57. The van der Waals surface area contributed by atoms with Gasteiger partial charge in [-0.05, 0) is 26.1 Å². The molecule has 2 unspecified atom stereocenters. The fourth-order valence-corrected chi connectivity index (χ4v) is 2.57. The predicted octanol–water partition coefficient (Wildman–Crippen LogP) is 1.54. The molecule has 21 heavy (non-hydrogen) atoms. The van der Waals surface area contributed by atoms with Crippen molar-refractivity contribution < 1.29 is 14.6 Å². The van der Waals surface area contributed by atoms with Crippen LogP contribution in [0.2, 0.25) is 0 Å². The van der Waals surface area contributed by atoms with Gasteiger partial charge in [-0.2, -0.15) is 0 Å². The normalized spacial score (nSPS) is 15.7. The third kappa shape index (κ3) is 4.03. The molecule has 2 atom stereocenters. The SMILES string of the molecule is CCN(CC(NC)(C(=O)O)c1ccccc1)C(C)COC. The predicted molar refractivity (Wildman–Crippen MR) is 83.4 cm³/mol. The Morgan fingerprint density at radius 2 is 2.05 bits per heavy atom. The van der Waals surface area contributed by atoms with E-state index in [4.69, 9.17) is 4.74 Å². The molecular weight excluding hydrogens is 268 g/mol. The van der Waals surface area contributed by atoms with Crippen molar-refractivity contribution in [3.63, 3.8) is 0 Å². The summed E-state index contributed by atoms with van der Waals surface area (Å²) in [6, 6.07) is 9.45. The summed E-state index contributed by atoms with van der Waals surface area (Å²) >= 11 is 0. The number of nitrogens with one attached hydrogen (secondary N) is 1. The van der Waals surface area contributed by atoms with Gasteiger partial charge in [0.25, 0.3) is 0 Å². The van der Waals surface area contributed by atoms with Gasteiger partial charge in [0.05, 0.1) is 6.61 Å². The Bertz CT molecular complexity index is 438. The highest BCUT2D eigenvalue weighted by Crippen LogP contribution is 2.23. The molecule has 0 aliphatic rings. The van der Waals surface area contributed by atoms with Crippen LogP contribution in [0.15, 0.2) is 30.3 Å². The lowest BCUT2D eigenvalue weighted by molar-refractivity contribution is -0.146. The van der Waals surface area contributed by atoms with Crippen molar-refractivity contribution in [3.05, 3.63) is 35.9 Å². The van der Waals surface area contributed by atoms with Crippen molar-refractivity contribution in [2.45, 2.75) is 25.4 Å². The summed E-state index contributed by atoms with van der Waals surface area (Å²) < 4.78 is 5.19. The van der Waals surface area contributed by atoms with E-state index in [1.54, 1.807) is 14.2 Å². The number of carboxylic acid groups (broad SMARTS) is 1. The van der Waals surface area contributed by atoms with E-state index in [2.05, 4.69) is 10.2 Å². The van der Waals surface area contributed by atoms with E-state index in [9.17, 15) is 9.90 Å². The van der Waals surface area contributed by atoms with E-state index in [1.807, 2.05) is 44.2 Å². The van der Waals surface area contributed by atoms with Crippen LogP contribution in [0, 0.1) is 0 Å². The van der Waals surface area contributed by atoms with Crippen LogP contribution < -0.4 is 5.32 Å². The molecule has 0 radical (unpaired) electrons. The number of aliphatic carboxylic acids is 1. The van der Waals surface area contributed by atoms with E-state index >= 15 is 0 Å². The molecule has 0 fully saturated rings. The Labute approximate surface area is 126 Å². The molecule has 0 saturated heterocycles. The number of benzene rings is 1. The molecule has 0 aliphatic carbocycles. The van der Waals surface area contributed by atoms with Gasteiger partial charge in [0.1, 0.15) is 0 Å². The van der Waals surface area contributed by atoms with Crippen LogP contribution in [0.5, 0.6) is 0 Å². The van der Waals surface area contributed by atoms with Gasteiger partial charge in [-0.3, -0.25) is 4.90 Å². The zero-order valence-electron chi connectivity index (χ0n) is 13.3. The lowest BCUT2D eigenvalue weighted by atomic mass is 9.89. The summed E-state index contributed by atoms with van der Waals surface area (Å²) in [5, 5.41) is 12.8. The molecule has 0 heterocycles. The molecule has 1 aromatic rings. The number of rotatable bonds is 9. The Balaban J connectivity index is 3.11. The van der Waals surface area contributed by atoms with Crippen LogP contribution in [0.4, 0.5) is 0 Å². The van der Waals surface area contributed by atoms with Crippen molar-refractivity contribution in [1.29, 1.82) is 0 Å². The fourth-order valence-electron chi connectivity index (χ4n) is 2.57. The van der Waals surface area contributed by atoms with Crippen molar-refractivity contribution in [3.8, 4) is 0 Å². The van der Waals surface area contributed by atoms with Crippen molar-refractivity contribution >= 4 is 5.97 Å². The first-order valence-corrected chi connectivity index (χ1v) is 7.22. The Hall–Kier alpha value is -1.43. The minimum Gasteiger partial charge on any atom is -0.480 e. The first-order valence-electron chi connectivity index (χ1n) is 7.22. The Morgan fingerprint density at radius 1 is 1.43 bits per heavy atom. The maximum atomic E-state index is 12.0. The molecule has 2 N–H and O–H groups in total. The molecule has 0 bridgehead atoms. The topological polar surface area (TPSA) is 61.8 Å². The van der Waals surface area contributed by atoms with E-state index in [-0.39, 0.29) is 6.04 Å². The highest BCUT2D eigenvalue weighted by Gasteiger charge is 2.41. The third-order valence-electron chi connectivity index (χ3n) is 3.94. The second-order valence-electron chi connectivity index (χ2n) is 5.19. The van der Waals surface area contributed by atoms with Gasteiger partial charge in [0.15, 0.2) is 5.54 Å². The Morgan fingerprint density at radius 3 is 2.48 bits per heavy atom. The maximum absolute atomic E-state index is 12.0. The van der Waals surface area contributed by atoms with Crippen molar-refractivity contribution in [2.75, 3.05) is 33.9 Å². The smallest absolute Gasteiger partial charge is 0.329 e. The van der Waals surface area contributed by atoms with Crippen LogP contribution in [0.1, 0.15) is 19.4 Å². The van der Waals surface area contributed by atoms with Gasteiger partial charge >= 0.3 is 5.97 Å². The second kappa shape index (κ2) is 8.12. The number of ether oxygens (including phenoxy) is 1. The van der Waals surface area contributed by atoms with Gasteiger partial charge in [-0.1, -0.05) is 37.3 Å². The summed E-state index contributed by atoms with van der Waals surface area (Å²) in [6.45, 7) is 5.78. The summed E-state index contributed by atoms with van der Waals surface area (Å²) in [7, 11) is 3.35. The van der Waals surface area contributed by atoms with Crippen LogP contribution in [0.3, 0.4) is 0 Å². The van der Waals surface area contributed by atoms with Gasteiger partial charge in [0.2, 0.25) is 0 Å². The van der Waals surface area contributed by atoms with E-state index in [0.29, 0.717) is 13.2 Å². The summed E-state index contributed by atoms with van der Waals surface area (Å²) in [5.41, 5.74) is -0.373. The van der Waals surface area contributed by atoms with Crippen LogP contribution >= 0.6 is 0 Å². The molecule has 1 rings (SSSR count). The van der Waals surface area contributed by atoms with Gasteiger partial charge in [-0.25, -0.2) is 4.79 Å². The molecule has 0 aliphatic heterocycles. The van der Waals surface area contributed by atoms with Crippen LogP contribution in [-0.4, -0.2) is 55.9 Å². The van der Waals surface area contributed by atoms with Crippen LogP contribution in [0.25, 0.3) is 0 Å². The minimum atomic E-state index is -1.13. The van der Waals surface area contributed by atoms with Crippen LogP contribution in [-0.2, 0) is 15.1 Å². The second-order valence-corrected chi connectivity index (χ2v) is 5.19. The fraction of sp³-hybridized carbons (Fsp3) is 0.562. The maximum Gasteiger partial charge on any atom is 0.329 e. The summed E-state index contributed by atoms with van der Waals surface area (Å²) in [4.78, 5) is 14.1. The standard InChI is InChI=1S/C16H26N2O3/c1-5-18(13(2)11-21-4)12-16(17-3,15(19)20)14-9-7-6-8-10-14/h6-10,13,17H,5,11-12H2,1-4H3,(H,19,20). The van der Waals surface area contributed by atoms with E-state index < -0.39 is 11.5 Å².